The van der Waals surface area contributed by atoms with Gasteiger partial charge >= 0.3 is 0 Å². The van der Waals surface area contributed by atoms with Crippen molar-refractivity contribution in [1.82, 2.24) is 9.55 Å². The third kappa shape index (κ3) is 2.81. The van der Waals surface area contributed by atoms with Crippen molar-refractivity contribution in [2.45, 2.75) is 32.2 Å². The topological polar surface area (TPSA) is 17.8 Å². The normalized spacial score (nSPS) is 11.4. The van der Waals surface area contributed by atoms with Gasteiger partial charge in [0, 0.05) is 6.54 Å². The van der Waals surface area contributed by atoms with E-state index in [0.29, 0.717) is 11.8 Å². The Morgan fingerprint density at radius 1 is 1.10 bits per heavy atom. The summed E-state index contributed by atoms with van der Waals surface area (Å²) in [5.41, 5.74) is 4.76. The van der Waals surface area contributed by atoms with E-state index in [1.807, 2.05) is 6.07 Å². The van der Waals surface area contributed by atoms with E-state index in [1.165, 1.54) is 11.1 Å². The zero-order chi connectivity index (χ0) is 14.8. The maximum Gasteiger partial charge on any atom is 0.125 e. The minimum atomic E-state index is 0.429. The SMILES string of the molecule is CC(C)c1ccc2c(c1)nc(CCl)n2Cc1ccccc1. The molecule has 0 saturated carbocycles. The lowest BCUT2D eigenvalue weighted by Crippen LogP contribution is -2.03. The number of alkyl halides is 1. The molecule has 0 atom stereocenters. The first-order chi connectivity index (χ1) is 10.2. The van der Waals surface area contributed by atoms with Gasteiger partial charge in [-0.3, -0.25) is 0 Å². The molecule has 0 saturated heterocycles. The number of aromatic nitrogens is 2. The highest BCUT2D eigenvalue weighted by Gasteiger charge is 2.11. The van der Waals surface area contributed by atoms with E-state index in [9.17, 15) is 0 Å². The van der Waals surface area contributed by atoms with Crippen LogP contribution in [0, 0.1) is 0 Å². The first-order valence-electron chi connectivity index (χ1n) is 7.28. The van der Waals surface area contributed by atoms with E-state index in [-0.39, 0.29) is 0 Å². The zero-order valence-electron chi connectivity index (χ0n) is 12.4. The van der Waals surface area contributed by atoms with Crippen LogP contribution in [0.15, 0.2) is 48.5 Å². The summed E-state index contributed by atoms with van der Waals surface area (Å²) in [5.74, 6) is 1.86. The van der Waals surface area contributed by atoms with Gasteiger partial charge in [-0.15, -0.1) is 11.6 Å². The predicted octanol–water partition coefficient (Wildman–Crippen LogP) is 4.95. The molecule has 0 aliphatic heterocycles. The monoisotopic (exact) mass is 298 g/mol. The molecule has 2 aromatic carbocycles. The highest BCUT2D eigenvalue weighted by Crippen LogP contribution is 2.24. The molecular weight excluding hydrogens is 280 g/mol. The molecule has 0 bridgehead atoms. The van der Waals surface area contributed by atoms with Crippen LogP contribution in [-0.2, 0) is 12.4 Å². The minimum absolute atomic E-state index is 0.429. The highest BCUT2D eigenvalue weighted by atomic mass is 35.5. The molecule has 1 heterocycles. The van der Waals surface area contributed by atoms with Gasteiger partial charge in [-0.05, 0) is 29.2 Å². The molecule has 0 unspecified atom stereocenters. The van der Waals surface area contributed by atoms with Crippen LogP contribution in [0.5, 0.6) is 0 Å². The predicted molar refractivity (Wildman–Crippen MR) is 88.9 cm³/mol. The Hall–Kier alpha value is -1.80. The summed E-state index contributed by atoms with van der Waals surface area (Å²) >= 11 is 6.09. The van der Waals surface area contributed by atoms with Crippen LogP contribution < -0.4 is 0 Å². The molecule has 0 N–H and O–H groups in total. The molecule has 21 heavy (non-hydrogen) atoms. The molecule has 0 amide bonds. The number of rotatable bonds is 4. The van der Waals surface area contributed by atoms with Crippen LogP contribution in [0.25, 0.3) is 11.0 Å². The molecule has 3 rings (SSSR count). The number of imidazole rings is 1. The minimum Gasteiger partial charge on any atom is -0.322 e. The summed E-state index contributed by atoms with van der Waals surface area (Å²) in [6.07, 6.45) is 0. The number of nitrogens with zero attached hydrogens (tertiary/aromatic N) is 2. The Morgan fingerprint density at radius 3 is 2.52 bits per heavy atom. The molecule has 1 aromatic heterocycles. The number of hydrogen-bond donors (Lipinski definition) is 0. The Balaban J connectivity index is 2.08. The van der Waals surface area contributed by atoms with E-state index < -0.39 is 0 Å². The Morgan fingerprint density at radius 2 is 1.86 bits per heavy atom. The molecule has 0 spiro atoms. The van der Waals surface area contributed by atoms with Crippen LogP contribution in [0.1, 0.15) is 36.7 Å². The molecule has 108 valence electrons. The number of hydrogen-bond acceptors (Lipinski definition) is 1. The molecule has 3 heteroatoms. The van der Waals surface area contributed by atoms with Gasteiger partial charge in [0.15, 0.2) is 0 Å². The number of halogens is 1. The van der Waals surface area contributed by atoms with E-state index in [4.69, 9.17) is 16.6 Å². The van der Waals surface area contributed by atoms with Crippen LogP contribution >= 0.6 is 11.6 Å². The second-order valence-corrected chi connectivity index (χ2v) is 5.90. The molecule has 0 radical (unpaired) electrons. The molecule has 0 fully saturated rings. The van der Waals surface area contributed by atoms with E-state index in [1.54, 1.807) is 0 Å². The number of fused-ring (bicyclic) bond motifs is 1. The summed E-state index contributed by atoms with van der Waals surface area (Å²) in [5, 5.41) is 0. The number of benzene rings is 2. The fraction of sp³-hybridized carbons (Fsp3) is 0.278. The van der Waals surface area contributed by atoms with Crippen molar-refractivity contribution in [2.75, 3.05) is 0 Å². The summed E-state index contributed by atoms with van der Waals surface area (Å²) in [6, 6.07) is 16.9. The van der Waals surface area contributed by atoms with Gasteiger partial charge in [0.2, 0.25) is 0 Å². The zero-order valence-corrected chi connectivity index (χ0v) is 13.1. The van der Waals surface area contributed by atoms with Crippen LogP contribution in [0.4, 0.5) is 0 Å². The van der Waals surface area contributed by atoms with Crippen molar-refractivity contribution < 1.29 is 0 Å². The molecule has 2 nitrogen and oxygen atoms in total. The van der Waals surface area contributed by atoms with Crippen LogP contribution in [0.3, 0.4) is 0 Å². The van der Waals surface area contributed by atoms with Crippen molar-refractivity contribution >= 4 is 22.6 Å². The van der Waals surface area contributed by atoms with Gasteiger partial charge in [-0.25, -0.2) is 4.98 Å². The Labute approximate surface area is 130 Å². The standard InChI is InChI=1S/C18H19ClN2/c1-13(2)15-8-9-17-16(10-15)20-18(11-19)21(17)12-14-6-4-3-5-7-14/h3-10,13H,11-12H2,1-2H3. The third-order valence-electron chi connectivity index (χ3n) is 3.82. The lowest BCUT2D eigenvalue weighted by atomic mass is 10.0. The van der Waals surface area contributed by atoms with E-state index in [2.05, 4.69) is 60.9 Å². The summed E-state index contributed by atoms with van der Waals surface area (Å²) in [4.78, 5) is 4.70. The average Bonchev–Trinajstić information content (AvgIpc) is 2.85. The average molecular weight is 299 g/mol. The van der Waals surface area contributed by atoms with Crippen LogP contribution in [0.2, 0.25) is 0 Å². The highest BCUT2D eigenvalue weighted by molar-refractivity contribution is 6.16. The van der Waals surface area contributed by atoms with Crippen LogP contribution in [-0.4, -0.2) is 9.55 Å². The third-order valence-corrected chi connectivity index (χ3v) is 4.06. The van der Waals surface area contributed by atoms with Gasteiger partial charge in [0.25, 0.3) is 0 Å². The molecule has 0 aliphatic carbocycles. The fourth-order valence-electron chi connectivity index (χ4n) is 2.60. The lowest BCUT2D eigenvalue weighted by molar-refractivity contribution is 0.778. The quantitative estimate of drug-likeness (QED) is 0.623. The first kappa shape index (κ1) is 14.2. The summed E-state index contributed by atoms with van der Waals surface area (Å²) in [6.45, 7) is 5.20. The maximum atomic E-state index is 6.09. The molecular formula is C18H19ClN2. The van der Waals surface area contributed by atoms with Gasteiger partial charge in [-0.2, -0.15) is 0 Å². The second kappa shape index (κ2) is 5.90. The first-order valence-corrected chi connectivity index (χ1v) is 7.81. The molecule has 3 aromatic rings. The van der Waals surface area contributed by atoms with Crippen molar-refractivity contribution in [3.8, 4) is 0 Å². The van der Waals surface area contributed by atoms with E-state index in [0.717, 1.165) is 23.4 Å². The summed E-state index contributed by atoms with van der Waals surface area (Å²) in [7, 11) is 0. The van der Waals surface area contributed by atoms with Gasteiger partial charge in [0.05, 0.1) is 16.9 Å². The maximum absolute atomic E-state index is 6.09. The van der Waals surface area contributed by atoms with Gasteiger partial charge < -0.3 is 4.57 Å². The fourth-order valence-corrected chi connectivity index (χ4v) is 2.80. The van der Waals surface area contributed by atoms with Gasteiger partial charge in [-0.1, -0.05) is 50.2 Å². The van der Waals surface area contributed by atoms with Gasteiger partial charge in [0.1, 0.15) is 5.82 Å². The van der Waals surface area contributed by atoms with Crippen molar-refractivity contribution in [3.05, 3.63) is 65.5 Å². The van der Waals surface area contributed by atoms with Crippen molar-refractivity contribution in [1.29, 1.82) is 0 Å². The Kier molecular flexibility index (Phi) is 3.98. The largest absolute Gasteiger partial charge is 0.322 e. The summed E-state index contributed by atoms with van der Waals surface area (Å²) < 4.78 is 2.21. The van der Waals surface area contributed by atoms with Crippen molar-refractivity contribution in [3.63, 3.8) is 0 Å². The lowest BCUT2D eigenvalue weighted by Gasteiger charge is -2.09. The smallest absolute Gasteiger partial charge is 0.125 e. The second-order valence-electron chi connectivity index (χ2n) is 5.64. The molecule has 0 aliphatic rings. The van der Waals surface area contributed by atoms with Crippen molar-refractivity contribution in [2.24, 2.45) is 0 Å². The Bertz CT molecular complexity index is 745. The van der Waals surface area contributed by atoms with E-state index >= 15 is 0 Å².